The highest BCUT2D eigenvalue weighted by atomic mass is 16.3. The first-order valence-corrected chi connectivity index (χ1v) is 7.20. The molecule has 1 unspecified atom stereocenters. The van der Waals surface area contributed by atoms with E-state index in [0.717, 1.165) is 29.8 Å². The van der Waals surface area contributed by atoms with E-state index in [1.807, 2.05) is 49.1 Å². The van der Waals surface area contributed by atoms with Gasteiger partial charge >= 0.3 is 0 Å². The van der Waals surface area contributed by atoms with Gasteiger partial charge in [-0.2, -0.15) is 0 Å². The average molecular weight is 272 g/mol. The second-order valence-corrected chi connectivity index (χ2v) is 5.34. The van der Waals surface area contributed by atoms with Gasteiger partial charge < -0.3 is 14.6 Å². The molecule has 106 valence electrons. The molecule has 1 aromatic heterocycles. The summed E-state index contributed by atoms with van der Waals surface area (Å²) in [6.07, 6.45) is 0. The van der Waals surface area contributed by atoms with E-state index in [-0.39, 0.29) is 17.9 Å². The predicted molar refractivity (Wildman–Crippen MR) is 78.4 cm³/mol. The fourth-order valence-electron chi connectivity index (χ4n) is 2.68. The van der Waals surface area contributed by atoms with Gasteiger partial charge in [0.25, 0.3) is 0 Å². The highest BCUT2D eigenvalue weighted by Gasteiger charge is 2.32. The zero-order valence-corrected chi connectivity index (χ0v) is 11.9. The first-order chi connectivity index (χ1) is 9.70. The molecule has 4 heteroatoms. The van der Waals surface area contributed by atoms with E-state index in [9.17, 15) is 4.79 Å². The van der Waals surface area contributed by atoms with Crippen LogP contribution in [0.5, 0.6) is 0 Å². The van der Waals surface area contributed by atoms with Crippen molar-refractivity contribution in [3.05, 3.63) is 36.1 Å². The molecule has 0 spiro atoms. The molecule has 0 aliphatic carbocycles. The van der Waals surface area contributed by atoms with Crippen LogP contribution >= 0.6 is 0 Å². The topological polar surface area (TPSA) is 45.5 Å². The Morgan fingerprint density at radius 1 is 1.45 bits per heavy atom. The van der Waals surface area contributed by atoms with Crippen LogP contribution in [0.15, 0.2) is 34.7 Å². The third-order valence-corrected chi connectivity index (χ3v) is 4.08. The number of nitrogens with zero attached hydrogens (tertiary/aromatic N) is 1. The molecule has 1 N–H and O–H groups in total. The number of hydrogen-bond acceptors (Lipinski definition) is 3. The molecule has 1 aromatic carbocycles. The van der Waals surface area contributed by atoms with Crippen LogP contribution in [0.25, 0.3) is 11.0 Å². The van der Waals surface area contributed by atoms with Crippen LogP contribution in [0.1, 0.15) is 25.6 Å². The van der Waals surface area contributed by atoms with Gasteiger partial charge in [0.1, 0.15) is 11.3 Å². The highest BCUT2D eigenvalue weighted by molar-refractivity contribution is 5.81. The number of nitrogens with one attached hydrogen (secondary N) is 1. The molecule has 2 aromatic rings. The van der Waals surface area contributed by atoms with Crippen molar-refractivity contribution in [3.8, 4) is 0 Å². The van der Waals surface area contributed by atoms with E-state index in [0.29, 0.717) is 6.54 Å². The lowest BCUT2D eigenvalue weighted by molar-refractivity contribution is -0.139. The van der Waals surface area contributed by atoms with Crippen molar-refractivity contribution in [3.63, 3.8) is 0 Å². The number of rotatable bonds is 4. The molecule has 1 fully saturated rings. The number of benzene rings is 1. The van der Waals surface area contributed by atoms with E-state index >= 15 is 0 Å². The summed E-state index contributed by atoms with van der Waals surface area (Å²) in [4.78, 5) is 14.3. The van der Waals surface area contributed by atoms with Crippen LogP contribution in [0, 0.1) is 5.92 Å². The molecule has 3 rings (SSSR count). The summed E-state index contributed by atoms with van der Waals surface area (Å²) < 4.78 is 5.88. The smallest absolute Gasteiger partial charge is 0.228 e. The first kappa shape index (κ1) is 13.2. The molecule has 2 heterocycles. The highest BCUT2D eigenvalue weighted by Crippen LogP contribution is 2.28. The minimum Gasteiger partial charge on any atom is -0.459 e. The van der Waals surface area contributed by atoms with Crippen molar-refractivity contribution in [1.29, 1.82) is 0 Å². The molecule has 1 aliphatic rings. The Morgan fingerprint density at radius 2 is 2.20 bits per heavy atom. The standard InChI is InChI=1S/C16H20N2O2/c1-3-18(16(19)13-9-17-10-13)11(2)15-8-12-6-4-5-7-14(12)20-15/h4-8,11,13,17H,3,9-10H2,1-2H3. The lowest BCUT2D eigenvalue weighted by Gasteiger charge is -2.34. The summed E-state index contributed by atoms with van der Waals surface area (Å²) in [5, 5.41) is 4.24. The van der Waals surface area contributed by atoms with Gasteiger partial charge in [0.2, 0.25) is 5.91 Å². The van der Waals surface area contributed by atoms with Crippen LogP contribution in [-0.2, 0) is 4.79 Å². The molecule has 0 saturated carbocycles. The first-order valence-electron chi connectivity index (χ1n) is 7.20. The Labute approximate surface area is 118 Å². The summed E-state index contributed by atoms with van der Waals surface area (Å²) in [6.45, 7) is 6.34. The summed E-state index contributed by atoms with van der Waals surface area (Å²) in [7, 11) is 0. The van der Waals surface area contributed by atoms with Gasteiger partial charge in [0, 0.05) is 25.0 Å². The molecule has 1 amide bonds. The van der Waals surface area contributed by atoms with Crippen molar-refractivity contribution in [1.82, 2.24) is 10.2 Å². The van der Waals surface area contributed by atoms with Gasteiger partial charge in [0.15, 0.2) is 0 Å². The SMILES string of the molecule is CCN(C(=O)C1CNC1)C(C)c1cc2ccccc2o1. The fraction of sp³-hybridized carbons (Fsp3) is 0.438. The number of carbonyl (C=O) groups excluding carboxylic acids is 1. The number of amides is 1. The Balaban J connectivity index is 1.85. The molecule has 1 saturated heterocycles. The maximum absolute atomic E-state index is 12.4. The predicted octanol–water partition coefficient (Wildman–Crippen LogP) is 2.56. The summed E-state index contributed by atoms with van der Waals surface area (Å²) in [5.74, 6) is 1.20. The lowest BCUT2D eigenvalue weighted by Crippen LogP contribution is -2.52. The molecule has 1 aliphatic heterocycles. The number of hydrogen-bond donors (Lipinski definition) is 1. The zero-order chi connectivity index (χ0) is 14.1. The molecular formula is C16H20N2O2. The fourth-order valence-corrected chi connectivity index (χ4v) is 2.68. The van der Waals surface area contributed by atoms with Gasteiger partial charge in [-0.3, -0.25) is 4.79 Å². The van der Waals surface area contributed by atoms with Gasteiger partial charge in [-0.1, -0.05) is 18.2 Å². The summed E-state index contributed by atoms with van der Waals surface area (Å²) >= 11 is 0. The molecular weight excluding hydrogens is 252 g/mol. The lowest BCUT2D eigenvalue weighted by atomic mass is 10.0. The largest absolute Gasteiger partial charge is 0.459 e. The number of carbonyl (C=O) groups is 1. The van der Waals surface area contributed by atoms with Crippen LogP contribution in [0.4, 0.5) is 0 Å². The third-order valence-electron chi connectivity index (χ3n) is 4.08. The van der Waals surface area contributed by atoms with Crippen LogP contribution < -0.4 is 5.32 Å². The van der Waals surface area contributed by atoms with E-state index in [2.05, 4.69) is 5.32 Å². The Bertz CT molecular complexity index is 583. The minimum atomic E-state index is -0.0273. The quantitative estimate of drug-likeness (QED) is 0.930. The number of fused-ring (bicyclic) bond motifs is 1. The Kier molecular flexibility index (Phi) is 3.49. The van der Waals surface area contributed by atoms with Crippen LogP contribution in [0.3, 0.4) is 0 Å². The van der Waals surface area contributed by atoms with Crippen molar-refractivity contribution in [2.45, 2.75) is 19.9 Å². The third kappa shape index (κ3) is 2.20. The second-order valence-electron chi connectivity index (χ2n) is 5.34. The monoisotopic (exact) mass is 272 g/mol. The molecule has 0 radical (unpaired) electrons. The minimum absolute atomic E-state index is 0.0273. The van der Waals surface area contributed by atoms with Crippen molar-refractivity contribution in [2.24, 2.45) is 5.92 Å². The van der Waals surface area contributed by atoms with Crippen LogP contribution in [-0.4, -0.2) is 30.4 Å². The normalized spacial score (nSPS) is 16.9. The Hall–Kier alpha value is -1.81. The average Bonchev–Trinajstić information content (AvgIpc) is 2.81. The van der Waals surface area contributed by atoms with E-state index in [1.165, 1.54) is 0 Å². The van der Waals surface area contributed by atoms with E-state index < -0.39 is 0 Å². The summed E-state index contributed by atoms with van der Waals surface area (Å²) in [5.41, 5.74) is 0.878. The molecule has 20 heavy (non-hydrogen) atoms. The number of furan rings is 1. The van der Waals surface area contributed by atoms with Gasteiger partial charge in [-0.25, -0.2) is 0 Å². The van der Waals surface area contributed by atoms with Crippen molar-refractivity contribution >= 4 is 16.9 Å². The van der Waals surface area contributed by atoms with E-state index in [4.69, 9.17) is 4.42 Å². The molecule has 1 atom stereocenters. The van der Waals surface area contributed by atoms with Crippen molar-refractivity contribution < 1.29 is 9.21 Å². The van der Waals surface area contributed by atoms with Gasteiger partial charge in [-0.15, -0.1) is 0 Å². The molecule has 0 bridgehead atoms. The van der Waals surface area contributed by atoms with Gasteiger partial charge in [0.05, 0.1) is 12.0 Å². The zero-order valence-electron chi connectivity index (χ0n) is 11.9. The Morgan fingerprint density at radius 3 is 2.80 bits per heavy atom. The van der Waals surface area contributed by atoms with Crippen molar-refractivity contribution in [2.75, 3.05) is 19.6 Å². The second kappa shape index (κ2) is 5.29. The van der Waals surface area contributed by atoms with E-state index in [1.54, 1.807) is 0 Å². The van der Waals surface area contributed by atoms with Crippen LogP contribution in [0.2, 0.25) is 0 Å². The maximum Gasteiger partial charge on any atom is 0.228 e. The van der Waals surface area contributed by atoms with Gasteiger partial charge in [-0.05, 0) is 26.0 Å². The maximum atomic E-state index is 12.4. The summed E-state index contributed by atoms with van der Waals surface area (Å²) in [6, 6.07) is 9.95. The number of para-hydroxylation sites is 1. The molecule has 4 nitrogen and oxygen atoms in total.